The number of nitrogens with zero attached hydrogens (tertiary/aromatic N) is 5. The lowest BCUT2D eigenvalue weighted by Crippen LogP contribution is -2.43. The van der Waals surface area contributed by atoms with Crippen molar-refractivity contribution in [3.05, 3.63) is 53.7 Å². The van der Waals surface area contributed by atoms with Gasteiger partial charge in [0.2, 0.25) is 0 Å². The number of hydrogen-bond donors (Lipinski definition) is 2. The van der Waals surface area contributed by atoms with Crippen LogP contribution in [0.3, 0.4) is 0 Å². The van der Waals surface area contributed by atoms with Crippen molar-refractivity contribution in [3.63, 3.8) is 0 Å². The first-order valence-electron chi connectivity index (χ1n) is 11.9. The highest BCUT2D eigenvalue weighted by Gasteiger charge is 2.27. The molecule has 0 aliphatic heterocycles. The normalized spacial score (nSPS) is 13.4. The molecule has 0 atom stereocenters. The van der Waals surface area contributed by atoms with Gasteiger partial charge in [-0.15, -0.1) is 0 Å². The number of aromatic nitrogens is 4. The predicted octanol–water partition coefficient (Wildman–Crippen LogP) is 4.75. The highest BCUT2D eigenvalue weighted by atomic mass is 19.1. The third kappa shape index (κ3) is 5.96. The maximum Gasteiger partial charge on any atom is 0.412 e. The molecule has 1 aromatic carbocycles. The third-order valence-corrected chi connectivity index (χ3v) is 6.30. The number of pyridine rings is 1. The summed E-state index contributed by atoms with van der Waals surface area (Å²) < 4.78 is 19.9. The SMILES string of the molecule is COC(=O)Nc1cc(-c2nc(C)n(CCN(C(=O)Nc3ccc(F)cc3C)C3CCCC3)n2)ccn1. The number of rotatable bonds is 7. The summed E-state index contributed by atoms with van der Waals surface area (Å²) in [5.41, 5.74) is 1.96. The predicted molar refractivity (Wildman–Crippen MR) is 133 cm³/mol. The average molecular weight is 496 g/mol. The van der Waals surface area contributed by atoms with Crippen molar-refractivity contribution < 1.29 is 18.7 Å². The van der Waals surface area contributed by atoms with Crippen LogP contribution in [0.15, 0.2) is 36.5 Å². The number of carbonyl (C=O) groups is 2. The number of benzene rings is 1. The molecule has 1 aliphatic carbocycles. The Morgan fingerprint density at radius 2 is 1.94 bits per heavy atom. The molecule has 0 unspecified atom stereocenters. The van der Waals surface area contributed by atoms with Gasteiger partial charge in [0.25, 0.3) is 0 Å². The van der Waals surface area contributed by atoms with Crippen LogP contribution in [-0.4, -0.2) is 56.5 Å². The van der Waals surface area contributed by atoms with E-state index in [-0.39, 0.29) is 17.9 Å². The second-order valence-corrected chi connectivity index (χ2v) is 8.77. The Bertz CT molecular complexity index is 1240. The van der Waals surface area contributed by atoms with Crippen molar-refractivity contribution in [1.29, 1.82) is 0 Å². The number of urea groups is 1. The van der Waals surface area contributed by atoms with Crippen LogP contribution in [0.1, 0.15) is 37.1 Å². The van der Waals surface area contributed by atoms with Crippen LogP contribution < -0.4 is 10.6 Å². The number of hydrogen-bond acceptors (Lipinski definition) is 6. The second kappa shape index (κ2) is 11.1. The summed E-state index contributed by atoms with van der Waals surface area (Å²) in [7, 11) is 1.28. The molecule has 10 nitrogen and oxygen atoms in total. The Kier molecular flexibility index (Phi) is 7.77. The number of carbonyl (C=O) groups excluding carboxylic acids is 2. The molecule has 0 radical (unpaired) electrons. The fourth-order valence-electron chi connectivity index (χ4n) is 4.37. The highest BCUT2D eigenvalue weighted by Crippen LogP contribution is 2.25. The zero-order valence-corrected chi connectivity index (χ0v) is 20.6. The van der Waals surface area contributed by atoms with E-state index in [1.54, 1.807) is 36.0 Å². The van der Waals surface area contributed by atoms with E-state index in [2.05, 4.69) is 30.4 Å². The fourth-order valence-corrected chi connectivity index (χ4v) is 4.37. The van der Waals surface area contributed by atoms with Gasteiger partial charge in [0.05, 0.1) is 13.7 Å². The first kappa shape index (κ1) is 25.1. The highest BCUT2D eigenvalue weighted by molar-refractivity contribution is 5.90. The molecular formula is C25H30FN7O3. The van der Waals surface area contributed by atoms with Gasteiger partial charge in [-0.05, 0) is 62.6 Å². The largest absolute Gasteiger partial charge is 0.453 e. The van der Waals surface area contributed by atoms with Crippen molar-refractivity contribution in [3.8, 4) is 11.4 Å². The van der Waals surface area contributed by atoms with Crippen LogP contribution >= 0.6 is 0 Å². The minimum Gasteiger partial charge on any atom is -0.453 e. The van der Waals surface area contributed by atoms with E-state index in [4.69, 9.17) is 0 Å². The number of nitrogens with one attached hydrogen (secondary N) is 2. The molecule has 1 saturated carbocycles. The molecule has 1 aliphatic rings. The van der Waals surface area contributed by atoms with Gasteiger partial charge in [0.1, 0.15) is 17.5 Å². The van der Waals surface area contributed by atoms with Gasteiger partial charge in [-0.1, -0.05) is 12.8 Å². The second-order valence-electron chi connectivity index (χ2n) is 8.77. The Morgan fingerprint density at radius 3 is 2.67 bits per heavy atom. The van der Waals surface area contributed by atoms with E-state index >= 15 is 0 Å². The number of methoxy groups -OCH3 is 1. The van der Waals surface area contributed by atoms with Crippen LogP contribution in [0.5, 0.6) is 0 Å². The van der Waals surface area contributed by atoms with Crippen LogP contribution in [0.25, 0.3) is 11.4 Å². The van der Waals surface area contributed by atoms with E-state index in [9.17, 15) is 14.0 Å². The number of anilines is 2. The summed E-state index contributed by atoms with van der Waals surface area (Å²) >= 11 is 0. The van der Waals surface area contributed by atoms with Gasteiger partial charge in [-0.3, -0.25) is 5.32 Å². The molecule has 2 aromatic heterocycles. The van der Waals surface area contributed by atoms with Crippen LogP contribution in [-0.2, 0) is 11.3 Å². The van der Waals surface area contributed by atoms with Crippen LogP contribution in [0.4, 0.5) is 25.5 Å². The summed E-state index contributed by atoms with van der Waals surface area (Å²) in [5, 5.41) is 10.1. The number of ether oxygens (including phenoxy) is 1. The number of amides is 3. The van der Waals surface area contributed by atoms with E-state index in [0.717, 1.165) is 25.7 Å². The quantitative estimate of drug-likeness (QED) is 0.489. The van der Waals surface area contributed by atoms with Crippen molar-refractivity contribution in [2.24, 2.45) is 0 Å². The van der Waals surface area contributed by atoms with E-state index in [0.29, 0.717) is 47.4 Å². The molecule has 4 rings (SSSR count). The molecule has 0 spiro atoms. The molecule has 1 fully saturated rings. The molecular weight excluding hydrogens is 465 g/mol. The van der Waals surface area contributed by atoms with Gasteiger partial charge in [0.15, 0.2) is 5.82 Å². The lowest BCUT2D eigenvalue weighted by Gasteiger charge is -2.29. The lowest BCUT2D eigenvalue weighted by molar-refractivity contribution is 0.184. The van der Waals surface area contributed by atoms with Gasteiger partial charge >= 0.3 is 12.1 Å². The molecule has 2 heterocycles. The van der Waals surface area contributed by atoms with E-state index in [1.807, 2.05) is 11.8 Å². The summed E-state index contributed by atoms with van der Waals surface area (Å²) in [6.45, 7) is 4.53. The minimum atomic E-state index is -0.615. The number of halogens is 1. The zero-order valence-electron chi connectivity index (χ0n) is 20.6. The third-order valence-electron chi connectivity index (χ3n) is 6.30. The van der Waals surface area contributed by atoms with Crippen molar-refractivity contribution in [2.75, 3.05) is 24.3 Å². The molecule has 190 valence electrons. The summed E-state index contributed by atoms with van der Waals surface area (Å²) in [5.74, 6) is 1.18. The Hall–Kier alpha value is -4.02. The Balaban J connectivity index is 1.48. The maximum atomic E-state index is 13.5. The molecule has 3 amide bonds. The van der Waals surface area contributed by atoms with Crippen LogP contribution in [0.2, 0.25) is 0 Å². The van der Waals surface area contributed by atoms with Crippen molar-refractivity contribution in [2.45, 2.75) is 52.1 Å². The van der Waals surface area contributed by atoms with Crippen molar-refractivity contribution in [1.82, 2.24) is 24.6 Å². The molecule has 36 heavy (non-hydrogen) atoms. The van der Waals surface area contributed by atoms with E-state index in [1.165, 1.54) is 19.2 Å². The van der Waals surface area contributed by atoms with E-state index < -0.39 is 6.09 Å². The summed E-state index contributed by atoms with van der Waals surface area (Å²) in [6.07, 6.45) is 5.01. The lowest BCUT2D eigenvalue weighted by atomic mass is 10.2. The van der Waals surface area contributed by atoms with Gasteiger partial charge in [0, 0.05) is 30.0 Å². The van der Waals surface area contributed by atoms with Crippen molar-refractivity contribution >= 4 is 23.6 Å². The molecule has 0 bridgehead atoms. The standard InChI is InChI=1S/C25H30FN7O3/c1-16-14-19(26)8-9-21(16)29-24(34)32(20-6-4-5-7-20)12-13-33-17(2)28-23(31-33)18-10-11-27-22(15-18)30-25(35)36-3/h8-11,14-15,20H,4-7,12-13H2,1-3H3,(H,29,34)(H,27,30,35). The topological polar surface area (TPSA) is 114 Å². The average Bonchev–Trinajstić information content (AvgIpc) is 3.51. The summed E-state index contributed by atoms with van der Waals surface area (Å²) in [4.78, 5) is 35.2. The minimum absolute atomic E-state index is 0.140. The van der Waals surface area contributed by atoms with Crippen LogP contribution in [0, 0.1) is 19.7 Å². The number of aryl methyl sites for hydroxylation is 2. The zero-order chi connectivity index (χ0) is 25.7. The Morgan fingerprint density at radius 1 is 1.17 bits per heavy atom. The summed E-state index contributed by atoms with van der Waals surface area (Å²) in [6, 6.07) is 7.68. The fraction of sp³-hybridized carbons (Fsp3) is 0.400. The first-order valence-corrected chi connectivity index (χ1v) is 11.9. The monoisotopic (exact) mass is 495 g/mol. The molecule has 3 aromatic rings. The van der Waals surface area contributed by atoms with Gasteiger partial charge < -0.3 is 15.0 Å². The van der Waals surface area contributed by atoms with Gasteiger partial charge in [-0.2, -0.15) is 5.10 Å². The smallest absolute Gasteiger partial charge is 0.412 e. The molecule has 0 saturated heterocycles. The van der Waals surface area contributed by atoms with Gasteiger partial charge in [-0.25, -0.2) is 28.6 Å². The maximum absolute atomic E-state index is 13.5. The molecule has 11 heteroatoms. The first-order chi connectivity index (χ1) is 17.3. The Labute approximate surface area is 208 Å². The molecule has 2 N–H and O–H groups in total.